The molecule has 8 nitrogen and oxygen atoms in total. The predicted octanol–water partition coefficient (Wildman–Crippen LogP) is 6.62. The molecule has 2 aliphatic rings. The number of hydrogen-bond acceptors (Lipinski definition) is 5. The molecule has 12 heteroatoms. The van der Waals surface area contributed by atoms with Crippen LogP contribution < -0.4 is 15.0 Å². The van der Waals surface area contributed by atoms with Crippen molar-refractivity contribution in [2.45, 2.75) is 38.6 Å². The number of aliphatic imine (C=N–C) groups is 1. The zero-order chi connectivity index (χ0) is 29.4. The fourth-order valence-corrected chi connectivity index (χ4v) is 6.08. The molecule has 1 saturated heterocycles. The summed E-state index contributed by atoms with van der Waals surface area (Å²) in [7, 11) is 0. The Morgan fingerprint density at radius 3 is 2.45 bits per heavy atom. The average Bonchev–Trinajstić information content (AvgIpc) is 3.29. The number of halogens is 3. The van der Waals surface area contributed by atoms with Gasteiger partial charge in [0, 0.05) is 35.5 Å². The number of aromatic nitrogens is 3. The quantitative estimate of drug-likeness (QED) is 0.271. The predicted molar refractivity (Wildman–Crippen MR) is 156 cm³/mol. The number of alkyl halides is 3. The second-order valence-electron chi connectivity index (χ2n) is 10.2. The van der Waals surface area contributed by atoms with Crippen molar-refractivity contribution in [1.29, 1.82) is 0 Å². The molecule has 2 heterocycles. The number of urea groups is 1. The van der Waals surface area contributed by atoms with Gasteiger partial charge in [-0.25, -0.2) is 14.5 Å². The van der Waals surface area contributed by atoms with Crippen LogP contribution >= 0.6 is 11.8 Å². The van der Waals surface area contributed by atoms with E-state index in [2.05, 4.69) is 56.0 Å². The minimum Gasteiger partial charge on any atom is -0.406 e. The zero-order valence-electron chi connectivity index (χ0n) is 22.8. The van der Waals surface area contributed by atoms with Crippen LogP contribution in [0.15, 0.2) is 78.0 Å². The summed E-state index contributed by atoms with van der Waals surface area (Å²) < 4.78 is 42.6. The summed E-state index contributed by atoms with van der Waals surface area (Å²) in [5.41, 5.74) is 5.88. The smallest absolute Gasteiger partial charge is 0.406 e. The van der Waals surface area contributed by atoms with Gasteiger partial charge in [0.05, 0.1) is 5.69 Å². The molecule has 4 aromatic rings. The first-order chi connectivity index (χ1) is 20.1. The van der Waals surface area contributed by atoms with Crippen LogP contribution in [0.2, 0.25) is 0 Å². The number of thioether (sulfide) groups is 1. The lowest BCUT2D eigenvalue weighted by molar-refractivity contribution is -0.274. The van der Waals surface area contributed by atoms with E-state index in [0.29, 0.717) is 11.5 Å². The van der Waals surface area contributed by atoms with E-state index in [1.807, 2.05) is 30.3 Å². The highest BCUT2D eigenvalue weighted by Crippen LogP contribution is 2.41. The van der Waals surface area contributed by atoms with Gasteiger partial charge < -0.3 is 15.0 Å². The maximum atomic E-state index is 12.8. The first-order valence-corrected chi connectivity index (χ1v) is 14.4. The fraction of sp³-hybridized carbons (Fsp3) is 0.267. The molecule has 0 spiro atoms. The fourth-order valence-electron chi connectivity index (χ4n) is 5.13. The van der Waals surface area contributed by atoms with E-state index < -0.39 is 6.36 Å². The molecule has 1 saturated carbocycles. The van der Waals surface area contributed by atoms with Crippen molar-refractivity contribution in [2.75, 3.05) is 17.2 Å². The van der Waals surface area contributed by atoms with E-state index in [-0.39, 0.29) is 23.7 Å². The van der Waals surface area contributed by atoms with Crippen LogP contribution in [0.25, 0.3) is 17.1 Å². The lowest BCUT2D eigenvalue weighted by Gasteiger charge is -2.22. The van der Waals surface area contributed by atoms with Crippen LogP contribution in [0, 0.1) is 13.8 Å². The Morgan fingerprint density at radius 1 is 1.05 bits per heavy atom. The Bertz CT molecular complexity index is 1620. The highest BCUT2D eigenvalue weighted by Gasteiger charge is 2.40. The third-order valence-corrected chi connectivity index (χ3v) is 8.16. The van der Waals surface area contributed by atoms with Gasteiger partial charge in [-0.1, -0.05) is 54.2 Å². The number of carbonyl (C=O) groups is 1. The minimum atomic E-state index is -4.74. The number of aryl methyl sites for hydroxylation is 2. The molecule has 0 bridgehead atoms. The minimum absolute atomic E-state index is 0.0226. The molecule has 6 rings (SSSR count). The molecule has 2 fully saturated rings. The standard InChI is InChI=1S/C30H27F3N6O2S/c1-18-4-3-5-19(2)26(18)38-14-15-42-29(38)36-28(40)35-25-16-24(25)20-6-8-21(9-7-20)27-34-17-39(37-27)22-10-12-23(13-11-22)41-30(31,32)33/h3-13,17,24-25H,14-16H2,1-2H3,(H,35,40). The van der Waals surface area contributed by atoms with Crippen molar-refractivity contribution in [2.24, 2.45) is 4.99 Å². The van der Waals surface area contributed by atoms with E-state index in [9.17, 15) is 18.0 Å². The summed E-state index contributed by atoms with van der Waals surface area (Å²) in [5, 5.41) is 8.23. The van der Waals surface area contributed by atoms with Crippen LogP contribution in [-0.4, -0.2) is 50.7 Å². The number of nitrogens with zero attached hydrogens (tertiary/aromatic N) is 5. The van der Waals surface area contributed by atoms with E-state index in [4.69, 9.17) is 0 Å². The molecule has 216 valence electrons. The van der Waals surface area contributed by atoms with Crippen molar-refractivity contribution in [1.82, 2.24) is 20.1 Å². The zero-order valence-corrected chi connectivity index (χ0v) is 23.6. The molecule has 2 atom stereocenters. The van der Waals surface area contributed by atoms with Gasteiger partial charge in [-0.2, -0.15) is 4.99 Å². The molecular formula is C30H27F3N6O2S. The Labute approximate surface area is 244 Å². The van der Waals surface area contributed by atoms with Gasteiger partial charge in [0.1, 0.15) is 12.1 Å². The highest BCUT2D eigenvalue weighted by molar-refractivity contribution is 8.14. The second-order valence-corrected chi connectivity index (χ2v) is 11.3. The third-order valence-electron chi connectivity index (χ3n) is 7.21. The van der Waals surface area contributed by atoms with E-state index in [1.165, 1.54) is 35.3 Å². The van der Waals surface area contributed by atoms with Gasteiger partial charge in [0.15, 0.2) is 11.0 Å². The summed E-state index contributed by atoms with van der Waals surface area (Å²) in [4.78, 5) is 23.7. The van der Waals surface area contributed by atoms with Gasteiger partial charge in [-0.15, -0.1) is 18.3 Å². The average molecular weight is 593 g/mol. The van der Waals surface area contributed by atoms with Crippen LogP contribution in [0.5, 0.6) is 5.75 Å². The first-order valence-electron chi connectivity index (χ1n) is 13.4. The summed E-state index contributed by atoms with van der Waals surface area (Å²) in [5.74, 6) is 1.27. The van der Waals surface area contributed by atoms with Gasteiger partial charge in [-0.05, 0) is 61.2 Å². The van der Waals surface area contributed by atoms with Crippen molar-refractivity contribution in [3.05, 3.63) is 89.7 Å². The lowest BCUT2D eigenvalue weighted by atomic mass is 10.1. The monoisotopic (exact) mass is 592 g/mol. The number of amidine groups is 1. The van der Waals surface area contributed by atoms with Crippen LogP contribution in [-0.2, 0) is 0 Å². The number of benzene rings is 3. The second kappa shape index (κ2) is 11.2. The van der Waals surface area contributed by atoms with E-state index >= 15 is 0 Å². The number of para-hydroxylation sites is 1. The molecular weight excluding hydrogens is 565 g/mol. The summed E-state index contributed by atoms with van der Waals surface area (Å²) in [6.07, 6.45) is -2.40. The van der Waals surface area contributed by atoms with Crippen LogP contribution in [0.3, 0.4) is 0 Å². The maximum absolute atomic E-state index is 12.8. The molecule has 3 aromatic carbocycles. The van der Waals surface area contributed by atoms with Gasteiger partial charge in [0.2, 0.25) is 0 Å². The number of carbonyl (C=O) groups excluding carboxylic acids is 1. The molecule has 2 unspecified atom stereocenters. The number of rotatable bonds is 6. The highest BCUT2D eigenvalue weighted by atomic mass is 32.2. The molecule has 1 aliphatic carbocycles. The van der Waals surface area contributed by atoms with Crippen molar-refractivity contribution >= 4 is 28.6 Å². The topological polar surface area (TPSA) is 84.6 Å². The Morgan fingerprint density at radius 2 is 1.76 bits per heavy atom. The first kappa shape index (κ1) is 27.8. The Hall–Kier alpha value is -4.32. The van der Waals surface area contributed by atoms with E-state index in [1.54, 1.807) is 11.8 Å². The molecule has 42 heavy (non-hydrogen) atoms. The normalized spacial score (nSPS) is 19.3. The van der Waals surface area contributed by atoms with Gasteiger partial charge in [-0.3, -0.25) is 0 Å². The number of hydrogen-bond donors (Lipinski definition) is 1. The molecule has 1 aromatic heterocycles. The molecule has 0 radical (unpaired) electrons. The largest absolute Gasteiger partial charge is 0.573 e. The molecule has 1 aliphatic heterocycles. The van der Waals surface area contributed by atoms with E-state index in [0.717, 1.165) is 51.8 Å². The number of amides is 2. The number of nitrogens with one attached hydrogen (secondary N) is 1. The van der Waals surface area contributed by atoms with Crippen molar-refractivity contribution in [3.63, 3.8) is 0 Å². The lowest BCUT2D eigenvalue weighted by Crippen LogP contribution is -2.29. The van der Waals surface area contributed by atoms with Gasteiger partial charge >= 0.3 is 12.4 Å². The maximum Gasteiger partial charge on any atom is 0.573 e. The Kier molecular flexibility index (Phi) is 7.40. The number of anilines is 1. The Balaban J connectivity index is 1.06. The van der Waals surface area contributed by atoms with Crippen LogP contribution in [0.1, 0.15) is 29.0 Å². The SMILES string of the molecule is Cc1cccc(C)c1N1CCSC1=NC(=O)NC1CC1c1ccc(-c2ncn(-c3ccc(OC(F)(F)F)cc3)n2)cc1. The number of ether oxygens (including phenoxy) is 1. The molecule has 1 N–H and O–H groups in total. The van der Waals surface area contributed by atoms with Crippen molar-refractivity contribution in [3.8, 4) is 22.8 Å². The van der Waals surface area contributed by atoms with Crippen molar-refractivity contribution < 1.29 is 22.7 Å². The summed E-state index contributed by atoms with van der Waals surface area (Å²) >= 11 is 1.59. The summed E-state index contributed by atoms with van der Waals surface area (Å²) in [6, 6.07) is 19.1. The molecule has 2 amide bonds. The summed E-state index contributed by atoms with van der Waals surface area (Å²) in [6.45, 7) is 4.96. The van der Waals surface area contributed by atoms with Crippen LogP contribution in [0.4, 0.5) is 23.7 Å². The van der Waals surface area contributed by atoms with Gasteiger partial charge in [0.25, 0.3) is 0 Å². The third kappa shape index (κ3) is 6.13.